The lowest BCUT2D eigenvalue weighted by molar-refractivity contribution is 0.0661. The number of aromatic nitrogens is 2. The lowest BCUT2D eigenvalue weighted by Gasteiger charge is -2.29. The molecule has 0 unspecified atom stereocenters. The molecule has 134 valence electrons. The van der Waals surface area contributed by atoms with Crippen molar-refractivity contribution in [3.05, 3.63) is 82.4 Å². The maximum Gasteiger partial charge on any atom is 0.275 e. The Morgan fingerprint density at radius 2 is 1.85 bits per heavy atom. The second kappa shape index (κ2) is 8.72. The van der Waals surface area contributed by atoms with E-state index in [1.807, 2.05) is 23.1 Å². The minimum absolute atomic E-state index is 0.0532. The van der Waals surface area contributed by atoms with E-state index in [9.17, 15) is 4.79 Å². The zero-order valence-electron chi connectivity index (χ0n) is 15.1. The predicted molar refractivity (Wildman–Crippen MR) is 105 cm³/mol. The molecule has 5 heteroatoms. The highest BCUT2D eigenvalue weighted by atomic mass is 32.1. The molecule has 1 heterocycles. The van der Waals surface area contributed by atoms with Gasteiger partial charge < -0.3 is 4.90 Å². The van der Waals surface area contributed by atoms with Gasteiger partial charge in [0.15, 0.2) is 5.69 Å². The van der Waals surface area contributed by atoms with Crippen LogP contribution in [0.2, 0.25) is 0 Å². The molecule has 0 aliphatic carbocycles. The van der Waals surface area contributed by atoms with Crippen molar-refractivity contribution in [2.24, 2.45) is 0 Å². The minimum Gasteiger partial charge on any atom is -0.330 e. The Bertz CT molecular complexity index is 833. The van der Waals surface area contributed by atoms with Crippen molar-refractivity contribution < 1.29 is 4.79 Å². The number of hydrogen-bond donors (Lipinski definition) is 0. The van der Waals surface area contributed by atoms with E-state index in [0.717, 1.165) is 18.4 Å². The van der Waals surface area contributed by atoms with Gasteiger partial charge in [-0.1, -0.05) is 59.1 Å². The average molecular weight is 366 g/mol. The fraction of sp³-hybridized carbons (Fsp3) is 0.286. The van der Waals surface area contributed by atoms with Crippen LogP contribution in [0.3, 0.4) is 0 Å². The summed E-state index contributed by atoms with van der Waals surface area (Å²) in [5.41, 5.74) is 4.07. The molecular formula is C21H23N3OS. The number of carbonyl (C=O) groups excluding carboxylic acids is 1. The molecule has 26 heavy (non-hydrogen) atoms. The van der Waals surface area contributed by atoms with Crippen molar-refractivity contribution in [1.82, 2.24) is 14.5 Å². The van der Waals surface area contributed by atoms with Crippen molar-refractivity contribution >= 4 is 17.4 Å². The van der Waals surface area contributed by atoms with Gasteiger partial charge in [-0.3, -0.25) is 4.79 Å². The SMILES string of the molecule is Cc1ccccc1CN(C(=O)c1csnn1)[C@H](C)CCc1ccccc1. The number of amides is 1. The predicted octanol–water partition coefficient (Wildman–Crippen LogP) is 4.51. The van der Waals surface area contributed by atoms with Gasteiger partial charge in [0, 0.05) is 18.0 Å². The molecule has 0 spiro atoms. The highest BCUT2D eigenvalue weighted by Gasteiger charge is 2.24. The quantitative estimate of drug-likeness (QED) is 0.619. The van der Waals surface area contributed by atoms with E-state index >= 15 is 0 Å². The molecule has 0 aliphatic rings. The third-order valence-corrected chi connectivity index (χ3v) is 5.17. The fourth-order valence-corrected chi connectivity index (χ4v) is 3.41. The van der Waals surface area contributed by atoms with Crippen LogP contribution in [0.5, 0.6) is 0 Å². The fourth-order valence-electron chi connectivity index (χ4n) is 2.98. The summed E-state index contributed by atoms with van der Waals surface area (Å²) in [7, 11) is 0. The van der Waals surface area contributed by atoms with Gasteiger partial charge >= 0.3 is 0 Å². The Morgan fingerprint density at radius 1 is 1.12 bits per heavy atom. The van der Waals surface area contributed by atoms with Gasteiger partial charge in [-0.15, -0.1) is 5.10 Å². The number of nitrogens with zero attached hydrogens (tertiary/aromatic N) is 3. The first-order valence-corrected chi connectivity index (χ1v) is 9.65. The highest BCUT2D eigenvalue weighted by molar-refractivity contribution is 7.03. The van der Waals surface area contributed by atoms with Gasteiger partial charge in [0.2, 0.25) is 0 Å². The zero-order valence-corrected chi connectivity index (χ0v) is 15.9. The lowest BCUT2D eigenvalue weighted by Crippen LogP contribution is -2.38. The summed E-state index contributed by atoms with van der Waals surface area (Å²) in [6.07, 6.45) is 1.84. The van der Waals surface area contributed by atoms with Crippen molar-refractivity contribution in [2.45, 2.75) is 39.3 Å². The number of rotatable bonds is 7. The van der Waals surface area contributed by atoms with Crippen molar-refractivity contribution in [3.63, 3.8) is 0 Å². The number of hydrogen-bond acceptors (Lipinski definition) is 4. The Balaban J connectivity index is 1.77. The largest absolute Gasteiger partial charge is 0.330 e. The molecule has 3 aromatic rings. The maximum absolute atomic E-state index is 13.0. The summed E-state index contributed by atoms with van der Waals surface area (Å²) >= 11 is 1.21. The molecule has 1 aromatic heterocycles. The Kier molecular flexibility index (Phi) is 6.12. The summed E-state index contributed by atoms with van der Waals surface area (Å²) < 4.78 is 3.85. The average Bonchev–Trinajstić information content (AvgIpc) is 3.20. The van der Waals surface area contributed by atoms with Gasteiger partial charge in [0.05, 0.1) is 0 Å². The summed E-state index contributed by atoms with van der Waals surface area (Å²) in [6.45, 7) is 4.77. The molecular weight excluding hydrogens is 342 g/mol. The van der Waals surface area contributed by atoms with Crippen LogP contribution in [0.1, 0.15) is 40.5 Å². The summed E-state index contributed by atoms with van der Waals surface area (Å²) in [5, 5.41) is 5.70. The van der Waals surface area contributed by atoms with Crippen LogP contribution >= 0.6 is 11.5 Å². The van der Waals surface area contributed by atoms with E-state index < -0.39 is 0 Å². The normalized spacial score (nSPS) is 11.9. The number of aryl methyl sites for hydroxylation is 2. The van der Waals surface area contributed by atoms with Gasteiger partial charge in [0.1, 0.15) is 0 Å². The summed E-state index contributed by atoms with van der Waals surface area (Å²) in [5.74, 6) is -0.0532. The van der Waals surface area contributed by atoms with Gasteiger partial charge in [-0.25, -0.2) is 0 Å². The van der Waals surface area contributed by atoms with Crippen LogP contribution in [0.25, 0.3) is 0 Å². The third kappa shape index (κ3) is 4.55. The van der Waals surface area contributed by atoms with E-state index in [2.05, 4.69) is 59.8 Å². The van der Waals surface area contributed by atoms with Crippen molar-refractivity contribution in [3.8, 4) is 0 Å². The molecule has 1 amide bonds. The first-order chi connectivity index (χ1) is 12.6. The zero-order chi connectivity index (χ0) is 18.4. The molecule has 0 N–H and O–H groups in total. The molecule has 2 aromatic carbocycles. The molecule has 4 nitrogen and oxygen atoms in total. The minimum atomic E-state index is -0.0532. The second-order valence-corrected chi connectivity index (χ2v) is 7.13. The molecule has 0 radical (unpaired) electrons. The molecule has 0 aliphatic heterocycles. The van der Waals surface area contributed by atoms with Crippen molar-refractivity contribution in [2.75, 3.05) is 0 Å². The third-order valence-electron chi connectivity index (χ3n) is 4.67. The maximum atomic E-state index is 13.0. The van der Waals surface area contributed by atoms with Crippen LogP contribution in [0.4, 0.5) is 0 Å². The number of benzene rings is 2. The highest BCUT2D eigenvalue weighted by Crippen LogP contribution is 2.18. The summed E-state index contributed by atoms with van der Waals surface area (Å²) in [6, 6.07) is 18.7. The first-order valence-electron chi connectivity index (χ1n) is 8.81. The van der Waals surface area contributed by atoms with E-state index in [1.54, 1.807) is 5.38 Å². The van der Waals surface area contributed by atoms with Crippen LogP contribution < -0.4 is 0 Å². The van der Waals surface area contributed by atoms with E-state index in [0.29, 0.717) is 12.2 Å². The Hall–Kier alpha value is -2.53. The first kappa shape index (κ1) is 18.3. The van der Waals surface area contributed by atoms with Crippen LogP contribution in [-0.2, 0) is 13.0 Å². The Labute approximate surface area is 158 Å². The van der Waals surface area contributed by atoms with Crippen LogP contribution in [-0.4, -0.2) is 26.4 Å². The smallest absolute Gasteiger partial charge is 0.275 e. The molecule has 1 atom stereocenters. The van der Waals surface area contributed by atoms with E-state index in [1.165, 1.54) is 22.7 Å². The number of carbonyl (C=O) groups is 1. The molecule has 0 saturated carbocycles. The standard InChI is InChI=1S/C21H23N3OS/c1-16-8-6-7-11-19(16)14-24(21(25)20-15-26-23-22-20)17(2)12-13-18-9-4-3-5-10-18/h3-11,15,17H,12-14H2,1-2H3/t17-/m1/s1. The van der Waals surface area contributed by atoms with Crippen LogP contribution in [0, 0.1) is 6.92 Å². The second-order valence-electron chi connectivity index (χ2n) is 6.52. The van der Waals surface area contributed by atoms with Crippen LogP contribution in [0.15, 0.2) is 60.0 Å². The van der Waals surface area contributed by atoms with E-state index in [-0.39, 0.29) is 11.9 Å². The molecule has 0 fully saturated rings. The van der Waals surface area contributed by atoms with Gasteiger partial charge in [-0.05, 0) is 54.9 Å². The summed E-state index contributed by atoms with van der Waals surface area (Å²) in [4.78, 5) is 14.9. The molecule has 0 bridgehead atoms. The Morgan fingerprint density at radius 3 is 2.54 bits per heavy atom. The monoisotopic (exact) mass is 365 g/mol. The molecule has 3 rings (SSSR count). The van der Waals surface area contributed by atoms with E-state index in [4.69, 9.17) is 0 Å². The van der Waals surface area contributed by atoms with Gasteiger partial charge in [-0.2, -0.15) is 0 Å². The van der Waals surface area contributed by atoms with Gasteiger partial charge in [0.25, 0.3) is 5.91 Å². The van der Waals surface area contributed by atoms with Crippen molar-refractivity contribution in [1.29, 1.82) is 0 Å². The topological polar surface area (TPSA) is 46.1 Å². The molecule has 0 saturated heterocycles. The lowest BCUT2D eigenvalue weighted by atomic mass is 10.0.